The van der Waals surface area contributed by atoms with Crippen LogP contribution < -0.4 is 10.9 Å². The Balaban J connectivity index is 1.68. The van der Waals surface area contributed by atoms with E-state index in [1.165, 1.54) is 12.1 Å². The van der Waals surface area contributed by atoms with Crippen LogP contribution in [0.2, 0.25) is 0 Å². The second-order valence-electron chi connectivity index (χ2n) is 7.26. The minimum absolute atomic E-state index is 0.136. The number of amides is 1. The zero-order valence-electron chi connectivity index (χ0n) is 16.1. The highest BCUT2D eigenvalue weighted by Crippen LogP contribution is 2.20. The molecule has 1 amide bonds. The number of hydrogen-bond acceptors (Lipinski definition) is 5. The lowest BCUT2D eigenvalue weighted by Gasteiger charge is -2.17. The molecule has 0 radical (unpaired) electrons. The number of carbonyl (C=O) groups excluding carboxylic acids is 1. The summed E-state index contributed by atoms with van der Waals surface area (Å²) < 4.78 is 18.7. The van der Waals surface area contributed by atoms with E-state index in [0.717, 1.165) is 5.39 Å². The van der Waals surface area contributed by atoms with Crippen molar-refractivity contribution < 1.29 is 13.6 Å². The molecule has 0 fully saturated rings. The fraction of sp³-hybridized carbons (Fsp3) is 0.400. The molecule has 2 aromatic heterocycles. The molecular weight excluding hydrogens is 363 g/mol. The van der Waals surface area contributed by atoms with Gasteiger partial charge in [0.25, 0.3) is 5.56 Å². The first-order valence-corrected chi connectivity index (χ1v) is 9.22. The van der Waals surface area contributed by atoms with E-state index in [1.807, 2.05) is 13.8 Å². The van der Waals surface area contributed by atoms with E-state index < -0.39 is 5.82 Å². The average molecular weight is 386 g/mol. The number of benzene rings is 1. The van der Waals surface area contributed by atoms with Crippen molar-refractivity contribution in [1.29, 1.82) is 0 Å². The summed E-state index contributed by atoms with van der Waals surface area (Å²) in [6.45, 7) is 5.78. The number of H-pyrrole nitrogens is 1. The summed E-state index contributed by atoms with van der Waals surface area (Å²) in [4.78, 5) is 27.3. The summed E-state index contributed by atoms with van der Waals surface area (Å²) >= 11 is 0. The van der Waals surface area contributed by atoms with Crippen LogP contribution in [-0.2, 0) is 11.2 Å². The third-order valence-corrected chi connectivity index (χ3v) is 4.39. The molecule has 0 saturated heterocycles. The van der Waals surface area contributed by atoms with Gasteiger partial charge in [-0.05, 0) is 48.4 Å². The zero-order valence-corrected chi connectivity index (χ0v) is 16.1. The molecular formula is C20H23FN4O3. The predicted molar refractivity (Wildman–Crippen MR) is 102 cm³/mol. The first-order valence-electron chi connectivity index (χ1n) is 9.22. The third kappa shape index (κ3) is 4.82. The molecule has 1 atom stereocenters. The molecule has 8 heteroatoms. The van der Waals surface area contributed by atoms with Crippen LogP contribution >= 0.6 is 0 Å². The number of fused-ring (bicyclic) bond motifs is 1. The predicted octanol–water partition coefficient (Wildman–Crippen LogP) is 3.19. The minimum Gasteiger partial charge on any atom is -0.423 e. The van der Waals surface area contributed by atoms with Gasteiger partial charge in [0.05, 0.1) is 5.52 Å². The molecule has 28 heavy (non-hydrogen) atoms. The normalized spacial score (nSPS) is 12.5. The molecule has 0 aliphatic rings. The fourth-order valence-electron chi connectivity index (χ4n) is 3.06. The molecule has 0 saturated carbocycles. The van der Waals surface area contributed by atoms with Gasteiger partial charge in [0, 0.05) is 18.9 Å². The average Bonchev–Trinajstić information content (AvgIpc) is 3.05. The van der Waals surface area contributed by atoms with Crippen molar-refractivity contribution in [3.05, 3.63) is 57.8 Å². The monoisotopic (exact) mass is 386 g/mol. The highest BCUT2D eigenvalue weighted by atomic mass is 19.1. The zero-order chi connectivity index (χ0) is 20.3. The van der Waals surface area contributed by atoms with Crippen LogP contribution in [0.1, 0.15) is 50.1 Å². The summed E-state index contributed by atoms with van der Waals surface area (Å²) in [5, 5.41) is 11.5. The molecule has 0 aliphatic carbocycles. The minimum atomic E-state index is -0.414. The highest BCUT2D eigenvalue weighted by molar-refractivity contribution is 5.79. The maximum Gasteiger partial charge on any atom is 0.251 e. The lowest BCUT2D eigenvalue weighted by Crippen LogP contribution is -2.30. The van der Waals surface area contributed by atoms with Crippen molar-refractivity contribution in [1.82, 2.24) is 20.5 Å². The second kappa shape index (κ2) is 8.33. The Kier molecular flexibility index (Phi) is 5.87. The molecule has 0 spiro atoms. The van der Waals surface area contributed by atoms with Crippen molar-refractivity contribution in [3.63, 3.8) is 0 Å². The van der Waals surface area contributed by atoms with E-state index in [9.17, 15) is 14.0 Å². The number of aromatic nitrogens is 3. The Bertz CT molecular complexity index is 1040. The van der Waals surface area contributed by atoms with E-state index >= 15 is 0 Å². The number of aromatic amines is 1. The summed E-state index contributed by atoms with van der Waals surface area (Å²) in [6, 6.07) is 5.52. The Hall–Kier alpha value is -3.03. The van der Waals surface area contributed by atoms with Crippen LogP contribution in [0.3, 0.4) is 0 Å². The van der Waals surface area contributed by atoms with Gasteiger partial charge in [0.1, 0.15) is 11.9 Å². The van der Waals surface area contributed by atoms with Gasteiger partial charge in [-0.25, -0.2) is 4.39 Å². The van der Waals surface area contributed by atoms with Crippen LogP contribution in [0, 0.1) is 18.7 Å². The molecule has 1 aromatic carbocycles. The molecule has 3 rings (SSSR count). The molecule has 1 unspecified atom stereocenters. The van der Waals surface area contributed by atoms with Crippen LogP contribution in [0.25, 0.3) is 10.9 Å². The molecule has 7 nitrogen and oxygen atoms in total. The van der Waals surface area contributed by atoms with Gasteiger partial charge < -0.3 is 14.7 Å². The van der Waals surface area contributed by atoms with Crippen molar-refractivity contribution in [2.24, 2.45) is 5.92 Å². The van der Waals surface area contributed by atoms with Gasteiger partial charge >= 0.3 is 0 Å². The maximum atomic E-state index is 13.3. The highest BCUT2D eigenvalue weighted by Gasteiger charge is 2.21. The number of aryl methyl sites for hydroxylation is 2. The quantitative estimate of drug-likeness (QED) is 0.649. The van der Waals surface area contributed by atoms with Gasteiger partial charge in [-0.1, -0.05) is 13.8 Å². The first kappa shape index (κ1) is 19.7. The Morgan fingerprint density at radius 1 is 1.29 bits per heavy atom. The number of nitrogens with one attached hydrogen (secondary N) is 2. The summed E-state index contributed by atoms with van der Waals surface area (Å²) in [6.07, 6.45) is 1.07. The number of hydrogen-bond donors (Lipinski definition) is 2. The molecule has 0 aliphatic heterocycles. The largest absolute Gasteiger partial charge is 0.423 e. The van der Waals surface area contributed by atoms with Crippen LogP contribution in [0.5, 0.6) is 0 Å². The van der Waals surface area contributed by atoms with Gasteiger partial charge in [-0.2, -0.15) is 0 Å². The smallest absolute Gasteiger partial charge is 0.251 e. The van der Waals surface area contributed by atoms with Crippen LogP contribution in [0.15, 0.2) is 33.5 Å². The molecule has 148 valence electrons. The Morgan fingerprint density at radius 3 is 2.75 bits per heavy atom. The SMILES string of the molecule is Cc1nnc(C(CC(C)C)NC(=O)CCc2cc3ccc(F)cc3[nH]c2=O)o1. The number of nitrogens with zero attached hydrogens (tertiary/aromatic N) is 2. The summed E-state index contributed by atoms with van der Waals surface area (Å²) in [5.41, 5.74) is 0.586. The van der Waals surface area contributed by atoms with E-state index in [0.29, 0.717) is 35.2 Å². The van der Waals surface area contributed by atoms with Gasteiger partial charge in [0.15, 0.2) is 0 Å². The van der Waals surface area contributed by atoms with Gasteiger partial charge in [0.2, 0.25) is 17.7 Å². The molecule has 0 bridgehead atoms. The van der Waals surface area contributed by atoms with Crippen molar-refractivity contribution in [2.45, 2.75) is 46.1 Å². The van der Waals surface area contributed by atoms with E-state index in [2.05, 4.69) is 20.5 Å². The van der Waals surface area contributed by atoms with E-state index in [1.54, 1.807) is 19.1 Å². The van der Waals surface area contributed by atoms with Gasteiger partial charge in [-0.3, -0.25) is 9.59 Å². The summed E-state index contributed by atoms with van der Waals surface area (Å²) in [7, 11) is 0. The maximum absolute atomic E-state index is 13.3. The number of pyridine rings is 1. The van der Waals surface area contributed by atoms with Gasteiger partial charge in [-0.15, -0.1) is 10.2 Å². The lowest BCUT2D eigenvalue weighted by atomic mass is 10.0. The number of rotatable bonds is 7. The second-order valence-corrected chi connectivity index (χ2v) is 7.26. The fourth-order valence-corrected chi connectivity index (χ4v) is 3.06. The Morgan fingerprint density at radius 2 is 2.07 bits per heavy atom. The third-order valence-electron chi connectivity index (χ3n) is 4.39. The van der Waals surface area contributed by atoms with Crippen LogP contribution in [-0.4, -0.2) is 21.1 Å². The Labute approximate surface area is 161 Å². The van der Waals surface area contributed by atoms with Crippen molar-refractivity contribution in [3.8, 4) is 0 Å². The standard InChI is InChI=1S/C20H23FN4O3/c1-11(2)8-17(20-25-24-12(3)28-20)22-18(26)7-5-14-9-13-4-6-15(21)10-16(13)23-19(14)27/h4,6,9-11,17H,5,7-8H2,1-3H3,(H,22,26)(H,23,27). The van der Waals surface area contributed by atoms with E-state index in [-0.39, 0.29) is 30.3 Å². The van der Waals surface area contributed by atoms with Crippen LogP contribution in [0.4, 0.5) is 4.39 Å². The topological polar surface area (TPSA) is 101 Å². The van der Waals surface area contributed by atoms with Crippen molar-refractivity contribution in [2.75, 3.05) is 0 Å². The molecule has 2 heterocycles. The first-order chi connectivity index (χ1) is 13.3. The van der Waals surface area contributed by atoms with Crippen molar-refractivity contribution >= 4 is 16.8 Å². The molecule has 2 N–H and O–H groups in total. The summed E-state index contributed by atoms with van der Waals surface area (Å²) in [5.74, 6) is 0.520. The molecule has 3 aromatic rings. The lowest BCUT2D eigenvalue weighted by molar-refractivity contribution is -0.122. The number of carbonyl (C=O) groups is 1. The van der Waals surface area contributed by atoms with E-state index in [4.69, 9.17) is 4.42 Å². The number of halogens is 1.